The lowest BCUT2D eigenvalue weighted by atomic mass is 9.99. The number of aromatic nitrogens is 2. The Morgan fingerprint density at radius 1 is 1.00 bits per heavy atom. The smallest absolute Gasteiger partial charge is 0.320 e. The molecule has 7 nitrogen and oxygen atoms in total. The normalized spacial score (nSPS) is 21.8. The Balaban J connectivity index is 1.35. The molecule has 31 heavy (non-hydrogen) atoms. The maximum absolute atomic E-state index is 13.4. The average Bonchev–Trinajstić information content (AvgIpc) is 2.93. The van der Waals surface area contributed by atoms with E-state index in [4.69, 9.17) is 0 Å². The molecule has 1 saturated heterocycles. The molecule has 1 saturated carbocycles. The van der Waals surface area contributed by atoms with Crippen molar-refractivity contribution in [2.24, 2.45) is 5.92 Å². The fraction of sp³-hybridized carbons (Fsp3) is 0.455. The number of likely N-dealkylation sites (N-methyl/N-ethyl adjacent to an activating group) is 1. The van der Waals surface area contributed by atoms with Gasteiger partial charge in [0.2, 0.25) is 11.9 Å². The number of halogens is 2. The quantitative estimate of drug-likeness (QED) is 0.752. The Morgan fingerprint density at radius 2 is 1.71 bits per heavy atom. The number of rotatable bonds is 4. The van der Waals surface area contributed by atoms with Gasteiger partial charge in [-0.1, -0.05) is 6.42 Å². The topological polar surface area (TPSA) is 78.4 Å². The molecular weight excluding hydrogens is 404 g/mol. The number of nitrogens with one attached hydrogen (secondary N) is 1. The van der Waals surface area contributed by atoms with Gasteiger partial charge in [-0.05, 0) is 43.4 Å². The van der Waals surface area contributed by atoms with Crippen LogP contribution in [0.4, 0.5) is 19.5 Å². The molecule has 0 radical (unpaired) electrons. The first-order valence-corrected chi connectivity index (χ1v) is 10.5. The lowest BCUT2D eigenvalue weighted by Gasteiger charge is -2.26. The summed E-state index contributed by atoms with van der Waals surface area (Å²) in [6, 6.07) is 3.45. The number of nitrogens with zero attached hydrogens (tertiary/aromatic N) is 4. The third-order valence-corrected chi connectivity index (χ3v) is 6.08. The number of benzene rings is 1. The Bertz CT molecular complexity index is 949. The molecule has 3 amide bonds. The second kappa shape index (κ2) is 8.95. The summed E-state index contributed by atoms with van der Waals surface area (Å²) in [5.41, 5.74) is 0.779. The van der Waals surface area contributed by atoms with Crippen LogP contribution in [0.3, 0.4) is 0 Å². The van der Waals surface area contributed by atoms with E-state index in [9.17, 15) is 18.4 Å². The first kappa shape index (κ1) is 21.1. The molecule has 164 valence electrons. The lowest BCUT2D eigenvalue weighted by Crippen LogP contribution is -2.38. The van der Waals surface area contributed by atoms with Crippen LogP contribution in [0.1, 0.15) is 32.1 Å². The van der Waals surface area contributed by atoms with Crippen LogP contribution in [-0.2, 0) is 4.79 Å². The molecule has 4 rings (SSSR count). The summed E-state index contributed by atoms with van der Waals surface area (Å²) in [6.45, 7) is 1.49. The zero-order chi connectivity index (χ0) is 22.0. The lowest BCUT2D eigenvalue weighted by molar-refractivity contribution is -0.120. The van der Waals surface area contributed by atoms with Gasteiger partial charge >= 0.3 is 6.03 Å². The van der Waals surface area contributed by atoms with Crippen LogP contribution in [0.25, 0.3) is 11.1 Å². The molecule has 1 aromatic heterocycles. The van der Waals surface area contributed by atoms with Gasteiger partial charge in [0.05, 0.1) is 0 Å². The molecular formula is C22H25F2N5O2. The fourth-order valence-corrected chi connectivity index (χ4v) is 4.34. The van der Waals surface area contributed by atoms with Crippen molar-refractivity contribution in [1.82, 2.24) is 19.8 Å². The van der Waals surface area contributed by atoms with Gasteiger partial charge in [-0.3, -0.25) is 10.1 Å². The highest BCUT2D eigenvalue weighted by atomic mass is 19.1. The summed E-state index contributed by atoms with van der Waals surface area (Å²) in [5, 5.41) is 2.74. The number of amides is 3. The number of carbonyl (C=O) groups is 2. The molecule has 2 aliphatic rings. The number of urea groups is 1. The van der Waals surface area contributed by atoms with Gasteiger partial charge in [0.25, 0.3) is 0 Å². The zero-order valence-corrected chi connectivity index (χ0v) is 17.4. The monoisotopic (exact) mass is 429 g/mol. The average molecular weight is 429 g/mol. The van der Waals surface area contributed by atoms with E-state index in [1.807, 2.05) is 11.9 Å². The number of hydrogen-bond donors (Lipinski definition) is 1. The molecule has 0 spiro atoms. The van der Waals surface area contributed by atoms with Gasteiger partial charge in [0.15, 0.2) is 0 Å². The van der Waals surface area contributed by atoms with Crippen molar-refractivity contribution in [3.05, 3.63) is 42.2 Å². The van der Waals surface area contributed by atoms with Crippen molar-refractivity contribution in [3.63, 3.8) is 0 Å². The van der Waals surface area contributed by atoms with E-state index < -0.39 is 11.6 Å². The van der Waals surface area contributed by atoms with Crippen molar-refractivity contribution >= 4 is 17.9 Å². The van der Waals surface area contributed by atoms with E-state index in [1.54, 1.807) is 4.90 Å². The predicted molar refractivity (Wildman–Crippen MR) is 111 cm³/mol. The molecule has 1 N–H and O–H groups in total. The van der Waals surface area contributed by atoms with E-state index in [1.165, 1.54) is 24.5 Å². The molecule has 1 aromatic carbocycles. The zero-order valence-electron chi connectivity index (χ0n) is 17.4. The maximum atomic E-state index is 13.4. The first-order valence-electron chi connectivity index (χ1n) is 10.5. The highest BCUT2D eigenvalue weighted by Gasteiger charge is 2.34. The van der Waals surface area contributed by atoms with E-state index in [-0.39, 0.29) is 29.8 Å². The van der Waals surface area contributed by atoms with Crippen LogP contribution in [0.2, 0.25) is 0 Å². The van der Waals surface area contributed by atoms with Gasteiger partial charge in [-0.2, -0.15) is 0 Å². The van der Waals surface area contributed by atoms with Crippen LogP contribution >= 0.6 is 0 Å². The SMILES string of the molecule is CN1CCN([C@H]2CCC[C@@H](C(=O)Nc3ncc(-c4cc(F)cc(F)c4)cn3)CC2)C1=O. The highest BCUT2D eigenvalue weighted by molar-refractivity contribution is 5.91. The third-order valence-electron chi connectivity index (χ3n) is 6.08. The standard InChI is InChI=1S/C22H25F2N5O2/c1-28-7-8-29(22(28)31)19-4-2-3-14(5-6-19)20(30)27-21-25-12-16(13-26-21)15-9-17(23)11-18(24)10-15/h9-14,19H,2-8H2,1H3,(H,25,26,27,30)/t14-,19+/m1/s1. The van der Waals surface area contributed by atoms with Crippen molar-refractivity contribution < 1.29 is 18.4 Å². The largest absolute Gasteiger partial charge is 0.326 e. The van der Waals surface area contributed by atoms with E-state index in [0.29, 0.717) is 17.5 Å². The van der Waals surface area contributed by atoms with Gasteiger partial charge in [0, 0.05) is 56.1 Å². The van der Waals surface area contributed by atoms with Crippen LogP contribution < -0.4 is 5.32 Å². The van der Waals surface area contributed by atoms with Crippen molar-refractivity contribution in [2.75, 3.05) is 25.5 Å². The maximum Gasteiger partial charge on any atom is 0.320 e. The Morgan fingerprint density at radius 3 is 2.35 bits per heavy atom. The molecule has 1 aliphatic carbocycles. The first-order chi connectivity index (χ1) is 14.9. The number of hydrogen-bond acceptors (Lipinski definition) is 4. The Hall–Kier alpha value is -3.10. The van der Waals surface area contributed by atoms with Crippen molar-refractivity contribution in [3.8, 4) is 11.1 Å². The predicted octanol–water partition coefficient (Wildman–Crippen LogP) is 3.68. The molecule has 9 heteroatoms. The van der Waals surface area contributed by atoms with E-state index in [0.717, 1.165) is 44.8 Å². The summed E-state index contributed by atoms with van der Waals surface area (Å²) < 4.78 is 26.8. The second-order valence-electron chi connectivity index (χ2n) is 8.20. The number of anilines is 1. The van der Waals surface area contributed by atoms with Crippen LogP contribution in [-0.4, -0.2) is 57.9 Å². The molecule has 2 fully saturated rings. The van der Waals surface area contributed by atoms with Crippen LogP contribution in [0.5, 0.6) is 0 Å². The van der Waals surface area contributed by atoms with Gasteiger partial charge in [-0.15, -0.1) is 0 Å². The molecule has 2 aromatic rings. The highest BCUT2D eigenvalue weighted by Crippen LogP contribution is 2.29. The fourth-order valence-electron chi connectivity index (χ4n) is 4.34. The Labute approximate surface area is 179 Å². The Kier molecular flexibility index (Phi) is 6.11. The summed E-state index contributed by atoms with van der Waals surface area (Å²) in [4.78, 5) is 36.9. The summed E-state index contributed by atoms with van der Waals surface area (Å²) in [6.07, 6.45) is 6.87. The molecule has 2 atom stereocenters. The second-order valence-corrected chi connectivity index (χ2v) is 8.20. The van der Waals surface area contributed by atoms with Gasteiger partial charge in [-0.25, -0.2) is 23.5 Å². The van der Waals surface area contributed by atoms with E-state index >= 15 is 0 Å². The van der Waals surface area contributed by atoms with Crippen molar-refractivity contribution in [1.29, 1.82) is 0 Å². The van der Waals surface area contributed by atoms with Crippen LogP contribution in [0.15, 0.2) is 30.6 Å². The van der Waals surface area contributed by atoms with E-state index in [2.05, 4.69) is 15.3 Å². The summed E-state index contributed by atoms with van der Waals surface area (Å²) >= 11 is 0. The minimum Gasteiger partial charge on any atom is -0.326 e. The molecule has 0 bridgehead atoms. The van der Waals surface area contributed by atoms with Gasteiger partial charge in [0.1, 0.15) is 11.6 Å². The van der Waals surface area contributed by atoms with Gasteiger partial charge < -0.3 is 9.80 Å². The molecule has 0 unspecified atom stereocenters. The van der Waals surface area contributed by atoms with Crippen LogP contribution in [0, 0.1) is 17.6 Å². The summed E-state index contributed by atoms with van der Waals surface area (Å²) in [7, 11) is 1.81. The molecule has 2 heterocycles. The third kappa shape index (κ3) is 4.81. The minimum absolute atomic E-state index is 0.0690. The molecule has 1 aliphatic heterocycles. The minimum atomic E-state index is -0.679. The number of carbonyl (C=O) groups excluding carboxylic acids is 2. The summed E-state index contributed by atoms with van der Waals surface area (Å²) in [5.74, 6) is -1.51. The van der Waals surface area contributed by atoms with Crippen molar-refractivity contribution in [2.45, 2.75) is 38.1 Å².